The largest absolute Gasteiger partial charge is 0.497 e. The first-order chi connectivity index (χ1) is 10.6. The van der Waals surface area contributed by atoms with E-state index in [9.17, 15) is 0 Å². The molecular formula is C19H22O3. The van der Waals surface area contributed by atoms with Crippen LogP contribution in [0.3, 0.4) is 0 Å². The summed E-state index contributed by atoms with van der Waals surface area (Å²) in [4.78, 5) is 0. The zero-order valence-corrected chi connectivity index (χ0v) is 13.8. The van der Waals surface area contributed by atoms with E-state index in [2.05, 4.69) is 26.0 Å². The lowest BCUT2D eigenvalue weighted by Crippen LogP contribution is -1.93. The number of benzene rings is 2. The Labute approximate surface area is 132 Å². The van der Waals surface area contributed by atoms with Gasteiger partial charge in [-0.1, -0.05) is 18.2 Å². The van der Waals surface area contributed by atoms with Crippen LogP contribution in [0.4, 0.5) is 0 Å². The molecule has 0 unspecified atom stereocenters. The van der Waals surface area contributed by atoms with Gasteiger partial charge >= 0.3 is 0 Å². The van der Waals surface area contributed by atoms with Crippen LogP contribution in [0.5, 0.6) is 17.2 Å². The van der Waals surface area contributed by atoms with Crippen LogP contribution in [0.15, 0.2) is 42.5 Å². The third-order valence-electron chi connectivity index (χ3n) is 3.90. The van der Waals surface area contributed by atoms with Gasteiger partial charge in [-0.05, 0) is 60.4 Å². The highest BCUT2D eigenvalue weighted by Crippen LogP contribution is 2.33. The lowest BCUT2D eigenvalue weighted by atomic mass is 9.97. The molecule has 0 aliphatic heterocycles. The van der Waals surface area contributed by atoms with Crippen molar-refractivity contribution in [2.75, 3.05) is 21.3 Å². The molecule has 2 rings (SSSR count). The summed E-state index contributed by atoms with van der Waals surface area (Å²) in [5, 5.41) is 0. The van der Waals surface area contributed by atoms with E-state index in [-0.39, 0.29) is 0 Å². The monoisotopic (exact) mass is 298 g/mol. The van der Waals surface area contributed by atoms with Crippen molar-refractivity contribution in [3.63, 3.8) is 0 Å². The smallest absolute Gasteiger partial charge is 0.161 e. The highest BCUT2D eigenvalue weighted by Gasteiger charge is 2.08. The van der Waals surface area contributed by atoms with Gasteiger partial charge in [-0.2, -0.15) is 0 Å². The van der Waals surface area contributed by atoms with Gasteiger partial charge in [0.1, 0.15) is 5.75 Å². The SMILES string of the molecule is COc1ccc(/C(C)=C(\C)c2ccc(OC)c(OC)c2)cc1. The van der Waals surface area contributed by atoms with Crippen LogP contribution in [-0.4, -0.2) is 21.3 Å². The van der Waals surface area contributed by atoms with Crippen LogP contribution in [0.2, 0.25) is 0 Å². The van der Waals surface area contributed by atoms with Crippen molar-refractivity contribution in [3.8, 4) is 17.2 Å². The molecule has 0 fully saturated rings. The maximum atomic E-state index is 5.38. The first-order valence-corrected chi connectivity index (χ1v) is 7.15. The van der Waals surface area contributed by atoms with Crippen molar-refractivity contribution >= 4 is 11.1 Å². The molecule has 0 amide bonds. The second-order valence-corrected chi connectivity index (χ2v) is 5.05. The van der Waals surface area contributed by atoms with Crippen LogP contribution >= 0.6 is 0 Å². The van der Waals surface area contributed by atoms with Gasteiger partial charge in [-0.25, -0.2) is 0 Å². The second kappa shape index (κ2) is 7.03. The topological polar surface area (TPSA) is 27.7 Å². The number of hydrogen-bond acceptors (Lipinski definition) is 3. The fourth-order valence-corrected chi connectivity index (χ4v) is 2.34. The maximum absolute atomic E-state index is 5.38. The van der Waals surface area contributed by atoms with Crippen LogP contribution < -0.4 is 14.2 Å². The van der Waals surface area contributed by atoms with E-state index >= 15 is 0 Å². The molecule has 0 aliphatic rings. The van der Waals surface area contributed by atoms with Crippen molar-refractivity contribution < 1.29 is 14.2 Å². The predicted molar refractivity (Wildman–Crippen MR) is 90.7 cm³/mol. The molecule has 116 valence electrons. The van der Waals surface area contributed by atoms with E-state index in [0.717, 1.165) is 22.8 Å². The molecule has 22 heavy (non-hydrogen) atoms. The zero-order valence-electron chi connectivity index (χ0n) is 13.8. The van der Waals surface area contributed by atoms with Gasteiger partial charge in [0.05, 0.1) is 21.3 Å². The number of methoxy groups -OCH3 is 3. The summed E-state index contributed by atoms with van der Waals surface area (Å²) in [7, 11) is 4.96. The maximum Gasteiger partial charge on any atom is 0.161 e. The first kappa shape index (κ1) is 16.0. The number of rotatable bonds is 5. The molecule has 0 saturated heterocycles. The molecule has 0 N–H and O–H groups in total. The van der Waals surface area contributed by atoms with Gasteiger partial charge in [0.15, 0.2) is 11.5 Å². The molecule has 2 aromatic carbocycles. The normalized spacial score (nSPS) is 11.7. The molecule has 0 aliphatic carbocycles. The van der Waals surface area contributed by atoms with E-state index in [4.69, 9.17) is 14.2 Å². The van der Waals surface area contributed by atoms with Crippen LogP contribution in [0.1, 0.15) is 25.0 Å². The predicted octanol–water partition coefficient (Wildman–Crippen LogP) is 4.66. The summed E-state index contributed by atoms with van der Waals surface area (Å²) >= 11 is 0. The van der Waals surface area contributed by atoms with Crippen molar-refractivity contribution in [1.82, 2.24) is 0 Å². The molecule has 0 radical (unpaired) electrons. The Morgan fingerprint density at radius 3 is 1.73 bits per heavy atom. The minimum absolute atomic E-state index is 0.737. The Kier molecular flexibility index (Phi) is 5.10. The molecule has 0 heterocycles. The highest BCUT2D eigenvalue weighted by molar-refractivity contribution is 5.89. The van der Waals surface area contributed by atoms with E-state index in [0.29, 0.717) is 0 Å². The number of hydrogen-bond donors (Lipinski definition) is 0. The van der Waals surface area contributed by atoms with Gasteiger partial charge in [0, 0.05) is 0 Å². The fourth-order valence-electron chi connectivity index (χ4n) is 2.34. The van der Waals surface area contributed by atoms with E-state index in [1.54, 1.807) is 21.3 Å². The lowest BCUT2D eigenvalue weighted by Gasteiger charge is -2.13. The molecule has 0 atom stereocenters. The Morgan fingerprint density at radius 1 is 0.636 bits per heavy atom. The summed E-state index contributed by atoms with van der Waals surface area (Å²) in [5.74, 6) is 2.34. The molecule has 3 nitrogen and oxygen atoms in total. The first-order valence-electron chi connectivity index (χ1n) is 7.15. The van der Waals surface area contributed by atoms with Crippen molar-refractivity contribution in [2.45, 2.75) is 13.8 Å². The van der Waals surface area contributed by atoms with Gasteiger partial charge in [0.2, 0.25) is 0 Å². The lowest BCUT2D eigenvalue weighted by molar-refractivity contribution is 0.355. The summed E-state index contributed by atoms with van der Waals surface area (Å²) in [6.07, 6.45) is 0. The standard InChI is InChI=1S/C19H22O3/c1-13(15-6-9-17(20-3)10-7-15)14(2)16-8-11-18(21-4)19(12-16)22-5/h6-12H,1-5H3/b14-13+. The average molecular weight is 298 g/mol. The Bertz CT molecular complexity index is 670. The van der Waals surface area contributed by atoms with Crippen LogP contribution in [-0.2, 0) is 0 Å². The third-order valence-corrected chi connectivity index (χ3v) is 3.90. The average Bonchev–Trinajstić information content (AvgIpc) is 2.59. The summed E-state index contributed by atoms with van der Waals surface area (Å²) in [6.45, 7) is 4.23. The molecule has 3 heteroatoms. The second-order valence-electron chi connectivity index (χ2n) is 5.05. The van der Waals surface area contributed by atoms with Gasteiger partial charge in [-0.15, -0.1) is 0 Å². The Morgan fingerprint density at radius 2 is 1.18 bits per heavy atom. The van der Waals surface area contributed by atoms with E-state index in [1.807, 2.05) is 30.3 Å². The molecule has 0 spiro atoms. The van der Waals surface area contributed by atoms with Gasteiger partial charge in [-0.3, -0.25) is 0 Å². The van der Waals surface area contributed by atoms with Crippen LogP contribution in [0.25, 0.3) is 11.1 Å². The Balaban J connectivity index is 2.41. The molecule has 2 aromatic rings. The van der Waals surface area contributed by atoms with Gasteiger partial charge in [0.25, 0.3) is 0 Å². The zero-order chi connectivity index (χ0) is 16.1. The fraction of sp³-hybridized carbons (Fsp3) is 0.263. The summed E-state index contributed by atoms with van der Waals surface area (Å²) in [5.41, 5.74) is 4.71. The summed E-state index contributed by atoms with van der Waals surface area (Å²) < 4.78 is 15.9. The molecule has 0 saturated carbocycles. The molecule has 0 aromatic heterocycles. The van der Waals surface area contributed by atoms with Crippen molar-refractivity contribution in [2.24, 2.45) is 0 Å². The third kappa shape index (κ3) is 3.25. The molecular weight excluding hydrogens is 276 g/mol. The van der Waals surface area contributed by atoms with Crippen molar-refractivity contribution in [1.29, 1.82) is 0 Å². The van der Waals surface area contributed by atoms with Crippen molar-refractivity contribution in [3.05, 3.63) is 53.6 Å². The van der Waals surface area contributed by atoms with Gasteiger partial charge < -0.3 is 14.2 Å². The summed E-state index contributed by atoms with van der Waals surface area (Å²) in [6, 6.07) is 14.1. The number of ether oxygens (including phenoxy) is 3. The van der Waals surface area contributed by atoms with E-state index < -0.39 is 0 Å². The quantitative estimate of drug-likeness (QED) is 0.751. The Hall–Kier alpha value is -2.42. The number of allylic oxidation sites excluding steroid dienone is 2. The highest BCUT2D eigenvalue weighted by atomic mass is 16.5. The van der Waals surface area contributed by atoms with Crippen LogP contribution in [0, 0.1) is 0 Å². The minimum atomic E-state index is 0.737. The minimum Gasteiger partial charge on any atom is -0.497 e. The van der Waals surface area contributed by atoms with E-state index in [1.165, 1.54) is 16.7 Å². The molecule has 0 bridgehead atoms.